The summed E-state index contributed by atoms with van der Waals surface area (Å²) in [5.41, 5.74) is -0.740. The first-order valence-corrected chi connectivity index (χ1v) is 9.07. The predicted octanol–water partition coefficient (Wildman–Crippen LogP) is 2.97. The van der Waals surface area contributed by atoms with E-state index >= 15 is 0 Å². The zero-order valence-electron chi connectivity index (χ0n) is 15.8. The third-order valence-electron chi connectivity index (χ3n) is 4.90. The lowest BCUT2D eigenvalue weighted by Crippen LogP contribution is -2.53. The molecule has 156 valence electrons. The molecule has 1 N–H and O–H groups in total. The molecule has 12 heteroatoms. The van der Waals surface area contributed by atoms with Crippen LogP contribution in [0, 0.1) is 13.8 Å². The molecule has 1 fully saturated rings. The van der Waals surface area contributed by atoms with Crippen LogP contribution in [0.4, 0.5) is 24.9 Å². The molecular formula is C17H18ClF3N6O2. The second-order valence-corrected chi connectivity index (χ2v) is 7.15. The Labute approximate surface area is 169 Å². The van der Waals surface area contributed by atoms with Crippen LogP contribution in [-0.4, -0.2) is 56.9 Å². The van der Waals surface area contributed by atoms with Crippen LogP contribution in [-0.2, 0) is 6.18 Å². The number of aromatic nitrogens is 4. The highest BCUT2D eigenvalue weighted by molar-refractivity contribution is 6.30. The number of hydrogen-bond donors (Lipinski definition) is 1. The number of alkyl halides is 3. The van der Waals surface area contributed by atoms with Crippen LogP contribution in [0.15, 0.2) is 6.20 Å². The van der Waals surface area contributed by atoms with Crippen LogP contribution in [0.1, 0.15) is 34.1 Å². The maximum Gasteiger partial charge on any atom is 0.434 e. The highest BCUT2D eigenvalue weighted by Gasteiger charge is 2.39. The summed E-state index contributed by atoms with van der Waals surface area (Å²) in [5, 5.41) is 17.4. The Balaban J connectivity index is 1.87. The summed E-state index contributed by atoms with van der Waals surface area (Å²) in [7, 11) is 0. The Kier molecular flexibility index (Phi) is 5.52. The maximum atomic E-state index is 13.2. The first-order valence-electron chi connectivity index (χ1n) is 8.69. The number of carboxylic acid groups (broad SMARTS) is 1. The van der Waals surface area contributed by atoms with Crippen molar-refractivity contribution in [3.63, 3.8) is 0 Å². The molecule has 2 aromatic rings. The van der Waals surface area contributed by atoms with Crippen LogP contribution < -0.4 is 9.80 Å². The zero-order valence-corrected chi connectivity index (χ0v) is 16.6. The van der Waals surface area contributed by atoms with Gasteiger partial charge in [-0.25, -0.2) is 14.8 Å². The Morgan fingerprint density at radius 3 is 2.52 bits per heavy atom. The average molecular weight is 431 g/mol. The molecule has 3 heterocycles. The fourth-order valence-electron chi connectivity index (χ4n) is 3.19. The molecule has 1 aliphatic rings. The van der Waals surface area contributed by atoms with E-state index in [0.717, 1.165) is 11.1 Å². The van der Waals surface area contributed by atoms with Crippen molar-refractivity contribution >= 4 is 29.3 Å². The maximum absolute atomic E-state index is 13.2. The average Bonchev–Trinajstić information content (AvgIpc) is 2.65. The predicted molar refractivity (Wildman–Crippen MR) is 99.5 cm³/mol. The van der Waals surface area contributed by atoms with E-state index in [4.69, 9.17) is 16.7 Å². The highest BCUT2D eigenvalue weighted by atomic mass is 35.5. The third kappa shape index (κ3) is 4.04. The Morgan fingerprint density at radius 1 is 1.24 bits per heavy atom. The lowest BCUT2D eigenvalue weighted by molar-refractivity contribution is -0.141. The number of piperazine rings is 1. The van der Waals surface area contributed by atoms with E-state index in [9.17, 15) is 18.0 Å². The van der Waals surface area contributed by atoms with Crippen LogP contribution in [0.2, 0.25) is 5.15 Å². The number of carbonyl (C=O) groups is 1. The van der Waals surface area contributed by atoms with Gasteiger partial charge in [-0.2, -0.15) is 13.2 Å². The van der Waals surface area contributed by atoms with Crippen LogP contribution >= 0.6 is 11.6 Å². The smallest absolute Gasteiger partial charge is 0.434 e. The molecule has 0 radical (unpaired) electrons. The largest absolute Gasteiger partial charge is 0.478 e. The minimum absolute atomic E-state index is 0.162. The summed E-state index contributed by atoms with van der Waals surface area (Å²) in [6.45, 7) is 6.76. The van der Waals surface area contributed by atoms with Crippen LogP contribution in [0.5, 0.6) is 0 Å². The molecule has 0 saturated carbocycles. The highest BCUT2D eigenvalue weighted by Crippen LogP contribution is 2.32. The first kappa shape index (κ1) is 21.0. The minimum atomic E-state index is -4.90. The third-order valence-corrected chi connectivity index (χ3v) is 5.26. The van der Waals surface area contributed by atoms with Crippen LogP contribution in [0.3, 0.4) is 0 Å². The van der Waals surface area contributed by atoms with Crippen molar-refractivity contribution in [2.45, 2.75) is 33.0 Å². The molecule has 1 atom stereocenters. The Morgan fingerprint density at radius 2 is 1.93 bits per heavy atom. The first-order chi connectivity index (χ1) is 13.5. The molecule has 1 saturated heterocycles. The molecule has 3 rings (SSSR count). The SMILES string of the molecule is Cc1c(Cl)nnc(N2CCN(c3ncc(C(=O)O)c(C(F)(F)F)n3)[C@H](C)C2)c1C. The molecular weight excluding hydrogens is 413 g/mol. The van der Waals surface area contributed by atoms with Crippen molar-refractivity contribution < 1.29 is 23.1 Å². The van der Waals surface area contributed by atoms with E-state index in [1.807, 2.05) is 25.7 Å². The van der Waals surface area contributed by atoms with Crippen molar-refractivity contribution in [1.82, 2.24) is 20.2 Å². The second kappa shape index (κ2) is 7.62. The molecule has 2 aromatic heterocycles. The van der Waals surface area contributed by atoms with Gasteiger partial charge in [0.15, 0.2) is 16.7 Å². The Hall–Kier alpha value is -2.69. The van der Waals surface area contributed by atoms with Crippen molar-refractivity contribution in [3.8, 4) is 0 Å². The van der Waals surface area contributed by atoms with Gasteiger partial charge >= 0.3 is 12.1 Å². The van der Waals surface area contributed by atoms with Gasteiger partial charge in [0.2, 0.25) is 5.95 Å². The van der Waals surface area contributed by atoms with Gasteiger partial charge in [-0.3, -0.25) is 0 Å². The van der Waals surface area contributed by atoms with E-state index in [2.05, 4.69) is 20.2 Å². The monoisotopic (exact) mass is 430 g/mol. The van der Waals surface area contributed by atoms with E-state index in [1.54, 1.807) is 4.90 Å². The standard InChI is InChI=1S/C17H18ClF3N6O2/c1-8-7-26(14-10(3)9(2)13(18)24-25-14)4-5-27(8)16-22-6-11(15(28)29)12(23-16)17(19,20)21/h6,8H,4-5,7H2,1-3H3,(H,28,29)/t8-/m1/s1. The molecule has 0 amide bonds. The van der Waals surface area contributed by atoms with E-state index in [1.165, 1.54) is 0 Å². The van der Waals surface area contributed by atoms with Crippen molar-refractivity contribution in [3.05, 3.63) is 33.7 Å². The Bertz CT molecular complexity index is 955. The molecule has 0 aromatic carbocycles. The van der Waals surface area contributed by atoms with Crippen molar-refractivity contribution in [2.24, 2.45) is 0 Å². The summed E-state index contributed by atoms with van der Waals surface area (Å²) in [6.07, 6.45) is -4.20. The fraction of sp³-hybridized carbons (Fsp3) is 0.471. The summed E-state index contributed by atoms with van der Waals surface area (Å²) in [4.78, 5) is 22.1. The summed E-state index contributed by atoms with van der Waals surface area (Å²) in [6, 6.07) is -0.252. The van der Waals surface area contributed by atoms with Crippen molar-refractivity contribution in [1.29, 1.82) is 0 Å². The summed E-state index contributed by atoms with van der Waals surface area (Å²) >= 11 is 5.99. The van der Waals surface area contributed by atoms with Gasteiger partial charge in [0, 0.05) is 31.9 Å². The van der Waals surface area contributed by atoms with Gasteiger partial charge in [0.25, 0.3) is 0 Å². The molecule has 0 spiro atoms. The normalized spacial score (nSPS) is 17.6. The van der Waals surface area contributed by atoms with E-state index in [-0.39, 0.29) is 12.0 Å². The lowest BCUT2D eigenvalue weighted by atomic mass is 10.1. The number of aromatic carboxylic acids is 1. The number of halogens is 4. The summed E-state index contributed by atoms with van der Waals surface area (Å²) < 4.78 is 39.7. The fourth-order valence-corrected chi connectivity index (χ4v) is 3.37. The number of anilines is 2. The van der Waals surface area contributed by atoms with E-state index in [0.29, 0.717) is 36.8 Å². The molecule has 0 unspecified atom stereocenters. The van der Waals surface area contributed by atoms with Crippen molar-refractivity contribution in [2.75, 3.05) is 29.4 Å². The van der Waals surface area contributed by atoms with Gasteiger partial charge in [0.1, 0.15) is 5.56 Å². The van der Waals surface area contributed by atoms with Gasteiger partial charge < -0.3 is 14.9 Å². The summed E-state index contributed by atoms with van der Waals surface area (Å²) in [5.74, 6) is -1.23. The van der Waals surface area contributed by atoms with Crippen LogP contribution in [0.25, 0.3) is 0 Å². The second-order valence-electron chi connectivity index (χ2n) is 6.79. The van der Waals surface area contributed by atoms with Gasteiger partial charge in [0.05, 0.1) is 0 Å². The number of rotatable bonds is 3. The topological polar surface area (TPSA) is 95.3 Å². The minimum Gasteiger partial charge on any atom is -0.478 e. The quantitative estimate of drug-likeness (QED) is 0.794. The van der Waals surface area contributed by atoms with Gasteiger partial charge in [-0.1, -0.05) is 11.6 Å². The van der Waals surface area contributed by atoms with Gasteiger partial charge in [-0.05, 0) is 31.9 Å². The molecule has 8 nitrogen and oxygen atoms in total. The zero-order chi connectivity index (χ0) is 21.5. The molecule has 0 bridgehead atoms. The van der Waals surface area contributed by atoms with E-state index < -0.39 is 23.4 Å². The number of hydrogen-bond acceptors (Lipinski definition) is 7. The molecule has 0 aliphatic carbocycles. The number of carboxylic acids is 1. The van der Waals surface area contributed by atoms with Gasteiger partial charge in [-0.15, -0.1) is 10.2 Å². The molecule has 1 aliphatic heterocycles. The molecule has 29 heavy (non-hydrogen) atoms. The number of nitrogens with zero attached hydrogens (tertiary/aromatic N) is 6. The lowest BCUT2D eigenvalue weighted by Gasteiger charge is -2.40.